The first-order chi connectivity index (χ1) is 10.0. The second kappa shape index (κ2) is 9.48. The smallest absolute Gasteiger partial charge is 0.196 e. The highest BCUT2D eigenvalue weighted by Crippen LogP contribution is 2.27. The molecule has 4 heteroatoms. The number of nitrogens with zero attached hydrogens (tertiary/aromatic N) is 1. The molecule has 0 unspecified atom stereocenters. The molecule has 0 aliphatic heterocycles. The van der Waals surface area contributed by atoms with Crippen molar-refractivity contribution in [1.82, 2.24) is 4.57 Å². The number of carbonyl (C=O) groups excluding carboxylic acids is 1. The van der Waals surface area contributed by atoms with E-state index >= 15 is 0 Å². The van der Waals surface area contributed by atoms with Crippen molar-refractivity contribution in [1.29, 1.82) is 0 Å². The highest BCUT2D eigenvalue weighted by atomic mass is 16.3. The molecule has 0 bridgehead atoms. The van der Waals surface area contributed by atoms with Crippen molar-refractivity contribution in [3.05, 3.63) is 11.6 Å². The summed E-state index contributed by atoms with van der Waals surface area (Å²) >= 11 is 0. The quantitative estimate of drug-likeness (QED) is 0.598. The van der Waals surface area contributed by atoms with Crippen LogP contribution in [0.15, 0.2) is 6.07 Å². The molecule has 4 nitrogen and oxygen atoms in total. The number of hydrogen-bond donors (Lipinski definition) is 2. The van der Waals surface area contributed by atoms with Gasteiger partial charge in [0.15, 0.2) is 11.8 Å². The molecule has 0 aromatic carbocycles. The van der Waals surface area contributed by atoms with E-state index in [2.05, 4.69) is 0 Å². The van der Waals surface area contributed by atoms with Crippen molar-refractivity contribution < 1.29 is 15.0 Å². The van der Waals surface area contributed by atoms with E-state index in [-0.39, 0.29) is 11.8 Å². The molecule has 0 saturated heterocycles. The third-order valence-electron chi connectivity index (χ3n) is 3.89. The molecule has 0 aliphatic rings. The van der Waals surface area contributed by atoms with E-state index in [0.29, 0.717) is 12.3 Å². The molecule has 1 aromatic rings. The molecule has 0 aliphatic carbocycles. The van der Waals surface area contributed by atoms with Crippen molar-refractivity contribution in [3.8, 4) is 11.8 Å². The maximum Gasteiger partial charge on any atom is 0.196 e. The minimum atomic E-state index is 0.149. The van der Waals surface area contributed by atoms with Gasteiger partial charge in [0.25, 0.3) is 0 Å². The standard InChI is InChI=1S/C17H29NO3/c1-14-13-16(20)18(17(14)21)12-10-8-6-4-3-5-7-9-11-15(2)19/h13,20-21H,3-12H2,1-2H3. The van der Waals surface area contributed by atoms with Crippen LogP contribution >= 0.6 is 0 Å². The molecule has 1 rings (SSSR count). The van der Waals surface area contributed by atoms with Crippen LogP contribution in [0.2, 0.25) is 0 Å². The fraction of sp³-hybridized carbons (Fsp3) is 0.706. The Balaban J connectivity index is 1.99. The molecule has 0 radical (unpaired) electrons. The lowest BCUT2D eigenvalue weighted by molar-refractivity contribution is -0.117. The third-order valence-corrected chi connectivity index (χ3v) is 3.89. The second-order valence-corrected chi connectivity index (χ2v) is 5.94. The summed E-state index contributed by atoms with van der Waals surface area (Å²) in [6.45, 7) is 4.11. The number of Topliss-reactive ketones (excluding diaryl/α,β-unsaturated/α-hetero) is 1. The van der Waals surface area contributed by atoms with Crippen molar-refractivity contribution in [2.75, 3.05) is 0 Å². The summed E-state index contributed by atoms with van der Waals surface area (Å²) < 4.78 is 1.57. The molecule has 2 N–H and O–H groups in total. The zero-order valence-electron chi connectivity index (χ0n) is 13.4. The van der Waals surface area contributed by atoms with E-state index in [1.54, 1.807) is 24.5 Å². The summed E-state index contributed by atoms with van der Waals surface area (Å²) in [7, 11) is 0. The van der Waals surface area contributed by atoms with Crippen LogP contribution in [-0.2, 0) is 11.3 Å². The Morgan fingerprint density at radius 2 is 1.52 bits per heavy atom. The van der Waals surface area contributed by atoms with E-state index in [9.17, 15) is 15.0 Å². The fourth-order valence-electron chi connectivity index (χ4n) is 2.58. The SMILES string of the molecule is CC(=O)CCCCCCCCCCn1c(O)cc(C)c1O. The van der Waals surface area contributed by atoms with Gasteiger partial charge >= 0.3 is 0 Å². The van der Waals surface area contributed by atoms with Crippen LogP contribution < -0.4 is 0 Å². The average molecular weight is 295 g/mol. The number of carbonyl (C=O) groups is 1. The van der Waals surface area contributed by atoms with Crippen LogP contribution in [0.25, 0.3) is 0 Å². The van der Waals surface area contributed by atoms with Gasteiger partial charge in [-0.2, -0.15) is 0 Å². The second-order valence-electron chi connectivity index (χ2n) is 5.94. The molecule has 0 fully saturated rings. The lowest BCUT2D eigenvalue weighted by atomic mass is 10.1. The molecular formula is C17H29NO3. The number of rotatable bonds is 11. The Kier molecular flexibility index (Phi) is 7.95. The maximum absolute atomic E-state index is 10.8. The number of hydrogen-bond acceptors (Lipinski definition) is 3. The first-order valence-electron chi connectivity index (χ1n) is 8.10. The van der Waals surface area contributed by atoms with Gasteiger partial charge in [-0.1, -0.05) is 38.5 Å². The van der Waals surface area contributed by atoms with Crippen LogP contribution in [0.5, 0.6) is 11.8 Å². The number of unbranched alkanes of at least 4 members (excludes halogenated alkanes) is 7. The summed E-state index contributed by atoms with van der Waals surface area (Å²) in [5.74, 6) is 0.621. The Bertz CT molecular complexity index is 437. The van der Waals surface area contributed by atoms with Crippen molar-refractivity contribution >= 4 is 5.78 Å². The highest BCUT2D eigenvalue weighted by Gasteiger charge is 2.09. The normalized spacial score (nSPS) is 11.0. The van der Waals surface area contributed by atoms with Crippen LogP contribution in [0, 0.1) is 6.92 Å². The minimum absolute atomic E-state index is 0.149. The lowest BCUT2D eigenvalue weighted by Gasteiger charge is -2.07. The van der Waals surface area contributed by atoms with E-state index in [0.717, 1.165) is 37.7 Å². The predicted octanol–water partition coefficient (Wildman–Crippen LogP) is 4.31. The van der Waals surface area contributed by atoms with Gasteiger partial charge in [-0.25, -0.2) is 0 Å². The van der Waals surface area contributed by atoms with Crippen molar-refractivity contribution in [2.45, 2.75) is 78.2 Å². The molecule has 0 atom stereocenters. The number of ketones is 1. The first kappa shape index (κ1) is 17.6. The Labute approximate surface area is 127 Å². The van der Waals surface area contributed by atoms with Gasteiger partial charge in [0.1, 0.15) is 5.78 Å². The van der Waals surface area contributed by atoms with E-state index in [1.807, 2.05) is 0 Å². The van der Waals surface area contributed by atoms with E-state index in [1.165, 1.54) is 25.7 Å². The Hall–Kier alpha value is -1.45. The minimum Gasteiger partial charge on any atom is -0.494 e. The number of aryl methyl sites for hydroxylation is 1. The van der Waals surface area contributed by atoms with E-state index < -0.39 is 0 Å². The molecule has 1 heterocycles. The van der Waals surface area contributed by atoms with Gasteiger partial charge in [0.2, 0.25) is 0 Å². The molecule has 120 valence electrons. The monoisotopic (exact) mass is 295 g/mol. The Morgan fingerprint density at radius 3 is 2.00 bits per heavy atom. The topological polar surface area (TPSA) is 62.5 Å². The van der Waals surface area contributed by atoms with Crippen molar-refractivity contribution in [2.24, 2.45) is 0 Å². The summed E-state index contributed by atoms with van der Waals surface area (Å²) in [4.78, 5) is 10.8. The average Bonchev–Trinajstić information content (AvgIpc) is 2.66. The van der Waals surface area contributed by atoms with Gasteiger partial charge in [-0.15, -0.1) is 0 Å². The summed E-state index contributed by atoms with van der Waals surface area (Å²) in [6.07, 6.45) is 9.86. The zero-order valence-corrected chi connectivity index (χ0v) is 13.4. The number of aromatic nitrogens is 1. The van der Waals surface area contributed by atoms with Gasteiger partial charge in [0, 0.05) is 24.6 Å². The molecule has 21 heavy (non-hydrogen) atoms. The summed E-state index contributed by atoms with van der Waals surface area (Å²) in [6, 6.07) is 1.59. The number of aromatic hydroxyl groups is 2. The Morgan fingerprint density at radius 1 is 1.00 bits per heavy atom. The molecule has 0 saturated carbocycles. The van der Waals surface area contributed by atoms with Crippen LogP contribution in [-0.4, -0.2) is 20.6 Å². The van der Waals surface area contributed by atoms with Crippen molar-refractivity contribution in [3.63, 3.8) is 0 Å². The molecule has 0 spiro atoms. The summed E-state index contributed by atoms with van der Waals surface area (Å²) in [5, 5.41) is 19.4. The molecular weight excluding hydrogens is 266 g/mol. The van der Waals surface area contributed by atoms with Gasteiger partial charge in [-0.3, -0.25) is 4.57 Å². The largest absolute Gasteiger partial charge is 0.494 e. The van der Waals surface area contributed by atoms with Gasteiger partial charge < -0.3 is 15.0 Å². The van der Waals surface area contributed by atoms with Gasteiger partial charge in [-0.05, 0) is 26.7 Å². The van der Waals surface area contributed by atoms with E-state index in [4.69, 9.17) is 0 Å². The van der Waals surface area contributed by atoms with Crippen LogP contribution in [0.3, 0.4) is 0 Å². The fourth-order valence-corrected chi connectivity index (χ4v) is 2.58. The molecule has 1 aromatic heterocycles. The summed E-state index contributed by atoms with van der Waals surface area (Å²) in [5.41, 5.74) is 0.720. The maximum atomic E-state index is 10.8. The van der Waals surface area contributed by atoms with Crippen LogP contribution in [0.1, 0.15) is 70.3 Å². The zero-order chi connectivity index (χ0) is 15.7. The first-order valence-corrected chi connectivity index (χ1v) is 8.10. The lowest BCUT2D eigenvalue weighted by Crippen LogP contribution is -1.97. The van der Waals surface area contributed by atoms with Crippen LogP contribution in [0.4, 0.5) is 0 Å². The molecule has 0 amide bonds. The van der Waals surface area contributed by atoms with Gasteiger partial charge in [0.05, 0.1) is 0 Å². The third kappa shape index (κ3) is 6.69. The highest BCUT2D eigenvalue weighted by molar-refractivity contribution is 5.75. The predicted molar refractivity (Wildman–Crippen MR) is 84.7 cm³/mol.